The molecule has 0 bridgehead atoms. The average molecular weight is 743 g/mol. The zero-order chi connectivity index (χ0) is 38.1. The lowest BCUT2D eigenvalue weighted by Gasteiger charge is -2.25. The molecule has 2 heterocycles. The van der Waals surface area contributed by atoms with Crippen LogP contribution in [0.1, 0.15) is 60.1 Å². The van der Waals surface area contributed by atoms with Gasteiger partial charge in [0.1, 0.15) is 42.1 Å². The monoisotopic (exact) mass is 742 g/mol. The molecule has 53 heavy (non-hydrogen) atoms. The Balaban J connectivity index is 1.33. The number of aliphatic carboxylic acids is 1. The molecule has 3 aromatic carbocycles. The van der Waals surface area contributed by atoms with Crippen LogP contribution in [0.15, 0.2) is 67.0 Å². The molecule has 0 radical (unpaired) electrons. The number of β-amino-alcohol motifs (C(OH)–C–C–N with tert-alkyl or cyclic N) is 1. The normalized spacial score (nSPS) is 16.1. The Morgan fingerprint density at radius 3 is 2.49 bits per heavy atom. The van der Waals surface area contributed by atoms with Crippen LogP contribution in [-0.4, -0.2) is 75.2 Å². The minimum atomic E-state index is -1.59. The number of aliphatic hydroxyl groups is 2. The van der Waals surface area contributed by atoms with Crippen LogP contribution in [-0.2, 0) is 24.6 Å². The van der Waals surface area contributed by atoms with Crippen LogP contribution in [0.4, 0.5) is 0 Å². The molecule has 0 aliphatic carbocycles. The van der Waals surface area contributed by atoms with E-state index in [0.29, 0.717) is 33.2 Å². The number of aliphatic hydroxyl groups excluding tert-OH is 2. The van der Waals surface area contributed by atoms with Gasteiger partial charge >= 0.3 is 5.97 Å². The molecular formula is C41H47ClN4O7. The molecule has 12 heteroatoms. The van der Waals surface area contributed by atoms with Gasteiger partial charge in [0.25, 0.3) is 0 Å². The van der Waals surface area contributed by atoms with E-state index in [1.165, 1.54) is 13.1 Å². The predicted octanol–water partition coefficient (Wildman–Crippen LogP) is 6.20. The number of carbonyl (C=O) groups is 1. The standard InChI is InChI=1S/C41H47ClN4O7/c1-26(11-13-46-14-12-33(48)22-46)53-37-10-6-9-35(28(37)3)34-8-5-7-31(27(34)2)24-52-39-17-38(51-23-30-15-29(18-43)19-44-20-30)32(16-36(39)42)21-45-41(4,25-47)40(49)50/h5-10,15-17,19-20,26,33,45,47-48H,11-14,21-25H2,1-4H3,(H,49,50)/t26-,33-,41+/m1/s1. The van der Waals surface area contributed by atoms with Crippen LogP contribution in [0.25, 0.3) is 11.1 Å². The van der Waals surface area contributed by atoms with Gasteiger partial charge in [-0.05, 0) is 86.6 Å². The van der Waals surface area contributed by atoms with Crippen LogP contribution >= 0.6 is 11.6 Å². The Hall–Kier alpha value is -4.70. The first-order valence-electron chi connectivity index (χ1n) is 17.7. The molecule has 280 valence electrons. The van der Waals surface area contributed by atoms with Gasteiger partial charge < -0.3 is 34.4 Å². The second-order valence-electron chi connectivity index (χ2n) is 13.8. The second kappa shape index (κ2) is 17.9. The molecule has 1 saturated heterocycles. The van der Waals surface area contributed by atoms with Crippen LogP contribution in [0, 0.1) is 25.2 Å². The van der Waals surface area contributed by atoms with E-state index in [0.717, 1.165) is 66.0 Å². The van der Waals surface area contributed by atoms with Crippen molar-refractivity contribution in [2.24, 2.45) is 0 Å². The Bertz CT molecular complexity index is 1950. The Morgan fingerprint density at radius 2 is 1.79 bits per heavy atom. The fourth-order valence-corrected chi connectivity index (χ4v) is 6.45. The van der Waals surface area contributed by atoms with E-state index in [-0.39, 0.29) is 32.0 Å². The molecule has 4 aromatic rings. The highest BCUT2D eigenvalue weighted by atomic mass is 35.5. The molecule has 0 saturated carbocycles. The van der Waals surface area contributed by atoms with Gasteiger partial charge in [-0.25, -0.2) is 0 Å². The summed E-state index contributed by atoms with van der Waals surface area (Å²) in [7, 11) is 0. The summed E-state index contributed by atoms with van der Waals surface area (Å²) in [6.07, 6.45) is 4.54. The second-order valence-corrected chi connectivity index (χ2v) is 14.2. The molecule has 1 fully saturated rings. The lowest BCUT2D eigenvalue weighted by atomic mass is 9.93. The minimum Gasteiger partial charge on any atom is -0.490 e. The molecule has 0 unspecified atom stereocenters. The Labute approximate surface area is 315 Å². The number of benzene rings is 3. The van der Waals surface area contributed by atoms with Gasteiger partial charge in [-0.1, -0.05) is 41.9 Å². The maximum atomic E-state index is 11.8. The van der Waals surface area contributed by atoms with Gasteiger partial charge in [0.05, 0.1) is 29.4 Å². The third-order valence-electron chi connectivity index (χ3n) is 9.72. The molecule has 1 aromatic heterocycles. The molecule has 4 N–H and O–H groups in total. The van der Waals surface area contributed by atoms with Gasteiger partial charge in [-0.2, -0.15) is 5.26 Å². The van der Waals surface area contributed by atoms with E-state index in [2.05, 4.69) is 54.2 Å². The number of aromatic nitrogens is 1. The third-order valence-corrected chi connectivity index (χ3v) is 10.0. The number of rotatable bonds is 17. The maximum absolute atomic E-state index is 11.8. The fourth-order valence-electron chi connectivity index (χ4n) is 6.21. The van der Waals surface area contributed by atoms with Gasteiger partial charge in [0.15, 0.2) is 0 Å². The summed E-state index contributed by atoms with van der Waals surface area (Å²) >= 11 is 6.74. The Kier molecular flexibility index (Phi) is 13.3. The number of carboxylic acids is 1. The number of pyridine rings is 1. The number of hydrogen-bond acceptors (Lipinski definition) is 10. The highest BCUT2D eigenvalue weighted by molar-refractivity contribution is 6.32. The van der Waals surface area contributed by atoms with E-state index < -0.39 is 18.1 Å². The largest absolute Gasteiger partial charge is 0.490 e. The van der Waals surface area contributed by atoms with E-state index in [1.807, 2.05) is 24.3 Å². The smallest absolute Gasteiger partial charge is 0.326 e. The van der Waals surface area contributed by atoms with Crippen LogP contribution < -0.4 is 19.5 Å². The SMILES string of the molecule is Cc1c(COc2cc(OCc3cncc(C#N)c3)c(CN[C@@](C)(CO)C(=O)O)cc2Cl)cccc1-c1cccc(O[C@H](C)CCN2CC[C@@H](O)C2)c1C. The van der Waals surface area contributed by atoms with E-state index >= 15 is 0 Å². The molecule has 3 atom stereocenters. The summed E-state index contributed by atoms with van der Waals surface area (Å²) in [5, 5.41) is 41.7. The molecule has 0 spiro atoms. The zero-order valence-corrected chi connectivity index (χ0v) is 31.3. The summed E-state index contributed by atoms with van der Waals surface area (Å²) in [4.78, 5) is 18.2. The minimum absolute atomic E-state index is 0.0130. The molecule has 1 aliphatic heterocycles. The van der Waals surface area contributed by atoms with E-state index in [1.54, 1.807) is 24.4 Å². The summed E-state index contributed by atoms with van der Waals surface area (Å²) in [5.74, 6) is 0.384. The first-order chi connectivity index (χ1) is 25.4. The van der Waals surface area contributed by atoms with Crippen molar-refractivity contribution in [2.45, 2.75) is 78.0 Å². The van der Waals surface area contributed by atoms with Crippen molar-refractivity contribution < 1.29 is 34.3 Å². The van der Waals surface area contributed by atoms with Crippen molar-refractivity contribution >= 4 is 17.6 Å². The van der Waals surface area contributed by atoms with Crippen molar-refractivity contribution in [3.05, 3.63) is 105 Å². The van der Waals surface area contributed by atoms with Crippen molar-refractivity contribution in [1.29, 1.82) is 5.26 Å². The number of hydrogen-bond donors (Lipinski definition) is 4. The number of likely N-dealkylation sites (tertiary alicyclic amines) is 1. The lowest BCUT2D eigenvalue weighted by Crippen LogP contribution is -2.52. The molecule has 11 nitrogen and oxygen atoms in total. The van der Waals surface area contributed by atoms with Crippen molar-refractivity contribution in [3.63, 3.8) is 0 Å². The highest BCUT2D eigenvalue weighted by Crippen LogP contribution is 2.37. The van der Waals surface area contributed by atoms with E-state index in [9.17, 15) is 25.4 Å². The van der Waals surface area contributed by atoms with E-state index in [4.69, 9.17) is 25.8 Å². The number of halogens is 1. The zero-order valence-electron chi connectivity index (χ0n) is 30.6. The van der Waals surface area contributed by atoms with Crippen molar-refractivity contribution in [3.8, 4) is 34.4 Å². The molecule has 0 amide bonds. The van der Waals surface area contributed by atoms with Crippen molar-refractivity contribution in [2.75, 3.05) is 26.2 Å². The van der Waals surface area contributed by atoms with Gasteiger partial charge in [0.2, 0.25) is 0 Å². The average Bonchev–Trinajstić information content (AvgIpc) is 3.58. The number of nitriles is 1. The molecule has 5 rings (SSSR count). The van der Waals surface area contributed by atoms with Crippen LogP contribution in [0.3, 0.4) is 0 Å². The lowest BCUT2D eigenvalue weighted by molar-refractivity contribution is -0.145. The number of nitrogens with one attached hydrogen (secondary N) is 1. The summed E-state index contributed by atoms with van der Waals surface area (Å²) in [5.41, 5.74) is 5.19. The quantitative estimate of drug-likeness (QED) is 0.0977. The molecular weight excluding hydrogens is 696 g/mol. The van der Waals surface area contributed by atoms with Gasteiger partial charge in [-0.3, -0.25) is 15.1 Å². The number of carboxylic acid groups (broad SMARTS) is 1. The molecule has 1 aliphatic rings. The van der Waals surface area contributed by atoms with Gasteiger partial charge in [0, 0.05) is 55.8 Å². The fraction of sp³-hybridized carbons (Fsp3) is 0.390. The Morgan fingerprint density at radius 1 is 1.06 bits per heavy atom. The predicted molar refractivity (Wildman–Crippen MR) is 202 cm³/mol. The van der Waals surface area contributed by atoms with Crippen LogP contribution in [0.5, 0.6) is 17.2 Å². The summed E-state index contributed by atoms with van der Waals surface area (Å²) in [6, 6.07) is 19.2. The first kappa shape index (κ1) is 39.5. The third kappa shape index (κ3) is 10.0. The summed E-state index contributed by atoms with van der Waals surface area (Å²) in [6.45, 7) is 9.82. The number of ether oxygens (including phenoxy) is 3. The topological polar surface area (TPSA) is 157 Å². The van der Waals surface area contributed by atoms with Gasteiger partial charge in [-0.15, -0.1) is 0 Å². The number of nitrogens with zero attached hydrogens (tertiary/aromatic N) is 3. The van der Waals surface area contributed by atoms with Crippen LogP contribution in [0.2, 0.25) is 5.02 Å². The summed E-state index contributed by atoms with van der Waals surface area (Å²) < 4.78 is 18.9. The van der Waals surface area contributed by atoms with Crippen molar-refractivity contribution in [1.82, 2.24) is 15.2 Å². The maximum Gasteiger partial charge on any atom is 0.326 e. The first-order valence-corrected chi connectivity index (χ1v) is 18.1. The highest BCUT2D eigenvalue weighted by Gasteiger charge is 2.32.